The van der Waals surface area contributed by atoms with Crippen molar-refractivity contribution in [1.82, 2.24) is 0 Å². The van der Waals surface area contributed by atoms with Crippen LogP contribution in [0, 0.1) is 0 Å². The summed E-state index contributed by atoms with van der Waals surface area (Å²) < 4.78 is 0. The maximum absolute atomic E-state index is 9.99. The van der Waals surface area contributed by atoms with Crippen LogP contribution >= 0.6 is 0 Å². The summed E-state index contributed by atoms with van der Waals surface area (Å²) in [6.07, 6.45) is -0.224. The Bertz CT molecular complexity index is 149. The maximum Gasteiger partial charge on any atom is 0.320 e. The average Bonchev–Trinajstić information content (AvgIpc) is 1.82. The molecule has 0 aliphatic rings. The van der Waals surface area contributed by atoms with E-state index in [0.29, 0.717) is 0 Å². The Morgan fingerprint density at radius 1 is 1.36 bits per heavy atom. The van der Waals surface area contributed by atoms with Crippen molar-refractivity contribution in [3.63, 3.8) is 0 Å². The number of carbonyl (C=O) groups is 2. The summed E-state index contributed by atoms with van der Waals surface area (Å²) in [7, 11) is 0. The Morgan fingerprint density at radius 2 is 1.82 bits per heavy atom. The number of carboxylic acid groups (broad SMARTS) is 2. The molecule has 0 spiro atoms. The quantitative estimate of drug-likeness (QED) is 0.573. The van der Waals surface area contributed by atoms with Crippen LogP contribution in [-0.2, 0) is 30.0 Å². The normalized spacial score (nSPS) is 11.4. The van der Waals surface area contributed by atoms with Crippen LogP contribution in [-0.4, -0.2) is 28.2 Å². The molecule has 0 bridgehead atoms. The Hall–Kier alpha value is -0.438. The van der Waals surface area contributed by atoms with E-state index in [4.69, 9.17) is 15.9 Å². The van der Waals surface area contributed by atoms with E-state index in [1.165, 1.54) is 0 Å². The van der Waals surface area contributed by atoms with Gasteiger partial charge in [-0.2, -0.15) is 0 Å². The monoisotopic (exact) mass is 253 g/mol. The van der Waals surface area contributed by atoms with Crippen LogP contribution < -0.4 is 5.73 Å². The van der Waals surface area contributed by atoms with E-state index in [9.17, 15) is 9.59 Å². The third-order valence-electron chi connectivity index (χ3n) is 0.986. The van der Waals surface area contributed by atoms with Gasteiger partial charge in [0.05, 0.1) is 0 Å². The van der Waals surface area contributed by atoms with E-state index in [-0.39, 0.29) is 33.3 Å². The number of hydrogen-bond acceptors (Lipinski definition) is 3. The molecule has 0 radical (unpaired) electrons. The minimum Gasteiger partial charge on any atom is -0.481 e. The van der Waals surface area contributed by atoms with Crippen LogP contribution in [0.4, 0.5) is 0 Å². The summed E-state index contributed by atoms with van der Waals surface area (Å²) in [5.41, 5.74) is 5.00. The molecule has 0 saturated heterocycles. The van der Waals surface area contributed by atoms with Crippen molar-refractivity contribution >= 4 is 11.9 Å². The largest absolute Gasteiger partial charge is 0.481 e. The topological polar surface area (TPSA) is 101 Å². The van der Waals surface area contributed by atoms with Crippen LogP contribution in [0.3, 0.4) is 0 Å². The average molecular weight is 254 g/mol. The molecule has 0 aliphatic heterocycles. The fraction of sp³-hybridized carbons (Fsp3) is 0.600. The van der Waals surface area contributed by atoms with Crippen molar-refractivity contribution < 1.29 is 40.2 Å². The predicted molar refractivity (Wildman–Crippen MR) is 32.5 cm³/mol. The van der Waals surface area contributed by atoms with Crippen molar-refractivity contribution in [1.29, 1.82) is 0 Å². The first kappa shape index (κ1) is 13.2. The van der Waals surface area contributed by atoms with Gasteiger partial charge < -0.3 is 15.9 Å². The first-order valence-electron chi connectivity index (χ1n) is 2.74. The Balaban J connectivity index is 0. The van der Waals surface area contributed by atoms with E-state index in [0.717, 1.165) is 0 Å². The molecule has 0 aromatic carbocycles. The first-order valence-corrected chi connectivity index (χ1v) is 2.74. The Kier molecular flexibility index (Phi) is 7.53. The van der Waals surface area contributed by atoms with Gasteiger partial charge in [0.15, 0.2) is 0 Å². The summed E-state index contributed by atoms with van der Waals surface area (Å²) >= 11 is 0. The first-order chi connectivity index (χ1) is 4.54. The van der Waals surface area contributed by atoms with Crippen molar-refractivity contribution in [2.45, 2.75) is 18.9 Å². The molecule has 11 heavy (non-hydrogen) atoms. The van der Waals surface area contributed by atoms with Gasteiger partial charge >= 0.3 is 11.9 Å². The van der Waals surface area contributed by atoms with Crippen LogP contribution in [0.2, 0.25) is 0 Å². The molecule has 0 heterocycles. The Labute approximate surface area is 77.2 Å². The van der Waals surface area contributed by atoms with E-state index in [2.05, 4.69) is 0 Å². The van der Waals surface area contributed by atoms with Crippen molar-refractivity contribution in [2.75, 3.05) is 0 Å². The second-order valence-corrected chi connectivity index (χ2v) is 1.88. The van der Waals surface area contributed by atoms with Gasteiger partial charge in [-0.3, -0.25) is 9.59 Å². The fourth-order valence-electron chi connectivity index (χ4n) is 0.402. The maximum atomic E-state index is 9.99. The zero-order valence-electron chi connectivity index (χ0n) is 5.60. The van der Waals surface area contributed by atoms with E-state index in [1.54, 1.807) is 0 Å². The molecular weight excluding hydrogens is 244 g/mol. The summed E-state index contributed by atoms with van der Waals surface area (Å²) in [4.78, 5) is 19.9. The summed E-state index contributed by atoms with van der Waals surface area (Å²) in [5, 5.41) is 16.3. The van der Waals surface area contributed by atoms with Crippen LogP contribution in [0.15, 0.2) is 0 Å². The number of nitrogens with two attached hydrogens (primary N) is 1. The zero-order valence-corrected chi connectivity index (χ0v) is 7.15. The van der Waals surface area contributed by atoms with Gasteiger partial charge in [-0.05, 0) is 6.42 Å². The summed E-state index contributed by atoms with van der Waals surface area (Å²) in [6.45, 7) is 0. The van der Waals surface area contributed by atoms with E-state index < -0.39 is 18.0 Å². The summed E-state index contributed by atoms with van der Waals surface area (Å²) in [5.74, 6) is -2.20. The molecule has 0 unspecified atom stereocenters. The molecular formula is C5H9NO4Pd. The van der Waals surface area contributed by atoms with E-state index >= 15 is 0 Å². The minimum absolute atomic E-state index is 0. The smallest absolute Gasteiger partial charge is 0.320 e. The predicted octanol–water partition coefficient (Wildman–Crippen LogP) is -0.739. The van der Waals surface area contributed by atoms with Gasteiger partial charge in [0.1, 0.15) is 6.04 Å². The molecule has 1 atom stereocenters. The third-order valence-corrected chi connectivity index (χ3v) is 0.986. The van der Waals surface area contributed by atoms with Gasteiger partial charge in [0.2, 0.25) is 0 Å². The van der Waals surface area contributed by atoms with Crippen molar-refractivity contribution in [3.8, 4) is 0 Å². The van der Waals surface area contributed by atoms with E-state index in [1.807, 2.05) is 0 Å². The molecule has 0 rings (SSSR count). The molecule has 0 aromatic heterocycles. The molecule has 0 aliphatic carbocycles. The number of carboxylic acids is 2. The molecule has 0 amide bonds. The number of aliphatic carboxylic acids is 2. The van der Waals surface area contributed by atoms with Gasteiger partial charge in [-0.15, -0.1) is 0 Å². The third kappa shape index (κ3) is 7.46. The van der Waals surface area contributed by atoms with Gasteiger partial charge in [0.25, 0.3) is 0 Å². The zero-order chi connectivity index (χ0) is 8.15. The second-order valence-electron chi connectivity index (χ2n) is 1.88. The minimum atomic E-state index is -1.17. The molecule has 0 fully saturated rings. The Morgan fingerprint density at radius 3 is 2.09 bits per heavy atom. The van der Waals surface area contributed by atoms with Crippen LogP contribution in [0.5, 0.6) is 0 Å². The number of hydrogen-bond donors (Lipinski definition) is 3. The SMILES string of the molecule is N[C@@H](CCC(=O)O)C(=O)O.[Pd]. The number of rotatable bonds is 4. The van der Waals surface area contributed by atoms with Gasteiger partial charge in [0, 0.05) is 26.8 Å². The second kappa shape index (κ2) is 6.28. The standard InChI is InChI=1S/C5H9NO4.Pd/c6-3(5(9)10)1-2-4(7)8;/h3H,1-2,6H2,(H,7,8)(H,9,10);/t3-;/m0./s1. The molecule has 68 valence electrons. The molecule has 0 aromatic rings. The van der Waals surface area contributed by atoms with Crippen LogP contribution in [0.25, 0.3) is 0 Å². The van der Waals surface area contributed by atoms with Crippen molar-refractivity contribution in [3.05, 3.63) is 0 Å². The molecule has 4 N–H and O–H groups in total. The molecule has 0 saturated carbocycles. The molecule has 5 nitrogen and oxygen atoms in total. The fourth-order valence-corrected chi connectivity index (χ4v) is 0.402. The van der Waals surface area contributed by atoms with Gasteiger partial charge in [-0.1, -0.05) is 0 Å². The molecule has 6 heteroatoms. The van der Waals surface area contributed by atoms with Crippen molar-refractivity contribution in [2.24, 2.45) is 5.73 Å². The summed E-state index contributed by atoms with van der Waals surface area (Å²) in [6, 6.07) is -1.06. The van der Waals surface area contributed by atoms with Gasteiger partial charge in [-0.25, -0.2) is 0 Å². The van der Waals surface area contributed by atoms with Crippen LogP contribution in [0.1, 0.15) is 12.8 Å².